The van der Waals surface area contributed by atoms with E-state index in [0.29, 0.717) is 0 Å². The molecule has 2 heterocycles. The molecule has 1 N–H and O–H groups in total. The Labute approximate surface area is 106 Å². The second kappa shape index (κ2) is 5.18. The van der Waals surface area contributed by atoms with Crippen LogP contribution in [-0.4, -0.2) is 14.4 Å². The minimum atomic E-state index is 1.07. The predicted molar refractivity (Wildman–Crippen MR) is 62.7 cm³/mol. The zero-order valence-electron chi connectivity index (χ0n) is 8.90. The molecular weight excluding hydrogens is 368 g/mol. The van der Waals surface area contributed by atoms with Crippen LogP contribution in [0.4, 0.5) is 0 Å². The van der Waals surface area contributed by atoms with Gasteiger partial charge in [0, 0.05) is 0 Å². The van der Waals surface area contributed by atoms with Gasteiger partial charge in [0.25, 0.3) is 0 Å². The number of hydrogen-bond acceptors (Lipinski definition) is 1. The molecule has 0 aromatic carbocycles. The fraction of sp³-hybridized carbons (Fsp3) is 0.0769. The monoisotopic (exact) mass is 379 g/mol. The van der Waals surface area contributed by atoms with Crippen LogP contribution in [0.2, 0.25) is 0 Å². The summed E-state index contributed by atoms with van der Waals surface area (Å²) in [5.41, 5.74) is 4.51. The summed E-state index contributed by atoms with van der Waals surface area (Å²) in [5.74, 6) is 0. The van der Waals surface area contributed by atoms with Crippen LogP contribution in [0.5, 0.6) is 0 Å². The van der Waals surface area contributed by atoms with Gasteiger partial charge in [-0.15, -0.1) is 0 Å². The topological polar surface area (TPSA) is 28.7 Å². The second-order valence-electron chi connectivity index (χ2n) is 3.49. The third-order valence-electron chi connectivity index (χ3n) is 2.24. The molecule has 0 saturated heterocycles. The molecule has 2 rings (SSSR count). The summed E-state index contributed by atoms with van der Waals surface area (Å²) in [5, 5.41) is 0. The van der Waals surface area contributed by atoms with E-state index in [0.717, 1.165) is 16.7 Å². The van der Waals surface area contributed by atoms with Crippen molar-refractivity contribution in [2.75, 3.05) is 0 Å². The van der Waals surface area contributed by atoms with Crippen LogP contribution in [0, 0.1) is 13.1 Å². The van der Waals surface area contributed by atoms with Gasteiger partial charge in [0.1, 0.15) is 0 Å². The summed E-state index contributed by atoms with van der Waals surface area (Å²) in [7, 11) is 0. The molecule has 0 aliphatic rings. The summed E-state index contributed by atoms with van der Waals surface area (Å²) in [6.45, 7) is 2.05. The molecule has 0 bridgehead atoms. The van der Waals surface area contributed by atoms with E-state index < -0.39 is 0 Å². The Morgan fingerprint density at radius 2 is 2.31 bits per heavy atom. The van der Waals surface area contributed by atoms with Gasteiger partial charge in [0.15, 0.2) is 0 Å². The van der Waals surface area contributed by atoms with Crippen molar-refractivity contribution in [3.05, 3.63) is 48.1 Å². The zero-order chi connectivity index (χ0) is 11.4. The molecule has 0 radical (unpaired) electrons. The van der Waals surface area contributed by atoms with E-state index in [2.05, 4.69) is 32.7 Å². The Morgan fingerprint density at radius 1 is 1.44 bits per heavy atom. The molecule has 80 valence electrons. The standard InChI is InChI=1S/C13H11N2.W/c1-3-4-11-7-15-9-13(11)12-5-10(2)6-14-8-12;/h1,3-6,8-9,15H,2H3;/q-1;/b4-3-;. The number of rotatable bonds is 3. The first-order valence-electron chi connectivity index (χ1n) is 4.94. The maximum absolute atomic E-state index is 4.21. The van der Waals surface area contributed by atoms with Crippen LogP contribution in [0.15, 0.2) is 30.7 Å². The molecule has 0 atom stereocenters. The molecule has 0 unspecified atom stereocenters. The number of H-pyrrole nitrogens is 1. The fourth-order valence-electron chi connectivity index (χ4n) is 1.54. The van der Waals surface area contributed by atoms with Crippen LogP contribution < -0.4 is 0 Å². The van der Waals surface area contributed by atoms with Crippen LogP contribution in [0.3, 0.4) is 0 Å². The van der Waals surface area contributed by atoms with Gasteiger partial charge in [-0.3, -0.25) is 0 Å². The number of aryl methyl sites for hydroxylation is 1. The van der Waals surface area contributed by atoms with Crippen molar-refractivity contribution in [3.8, 4) is 11.1 Å². The Bertz CT molecular complexity index is 526. The zero-order valence-corrected chi connectivity index (χ0v) is 11.8. The predicted octanol–water partition coefficient (Wildman–Crippen LogP) is 2.55. The average Bonchev–Trinajstić information content (AvgIpc) is 2.74. The van der Waals surface area contributed by atoms with Gasteiger partial charge in [-0.2, -0.15) is 0 Å². The Kier molecular flexibility index (Phi) is 3.63. The van der Waals surface area contributed by atoms with E-state index in [1.165, 1.54) is 24.9 Å². The van der Waals surface area contributed by atoms with Crippen LogP contribution in [0.25, 0.3) is 17.2 Å². The third-order valence-corrected chi connectivity index (χ3v) is 2.81. The molecule has 3 heteroatoms. The van der Waals surface area contributed by atoms with Gasteiger partial charge >= 0.3 is 106 Å². The fourth-order valence-corrected chi connectivity index (χ4v) is 1.82. The van der Waals surface area contributed by atoms with Crippen molar-refractivity contribution < 1.29 is 19.4 Å². The van der Waals surface area contributed by atoms with Crippen molar-refractivity contribution in [1.82, 2.24) is 9.97 Å². The number of pyridine rings is 1. The molecule has 2 nitrogen and oxygen atoms in total. The quantitative estimate of drug-likeness (QED) is 0.817. The first-order chi connectivity index (χ1) is 7.81. The van der Waals surface area contributed by atoms with Crippen molar-refractivity contribution in [2.45, 2.75) is 6.92 Å². The van der Waals surface area contributed by atoms with E-state index in [9.17, 15) is 0 Å². The van der Waals surface area contributed by atoms with Gasteiger partial charge in [-0.1, -0.05) is 0 Å². The van der Waals surface area contributed by atoms with Crippen molar-refractivity contribution in [2.24, 2.45) is 0 Å². The van der Waals surface area contributed by atoms with E-state index in [1.54, 1.807) is 0 Å². The number of allylic oxidation sites excluding steroid dienone is 1. The van der Waals surface area contributed by atoms with Gasteiger partial charge < -0.3 is 0 Å². The van der Waals surface area contributed by atoms with Gasteiger partial charge in [0.05, 0.1) is 0 Å². The number of hydrogen-bond donors (Lipinski definition) is 1. The molecule has 2 aromatic rings. The minimum absolute atomic E-state index is 1.07. The Hall–Kier alpha value is -1.27. The molecule has 2 aromatic heterocycles. The van der Waals surface area contributed by atoms with Gasteiger partial charge in [-0.05, 0) is 0 Å². The van der Waals surface area contributed by atoms with Gasteiger partial charge in [0.2, 0.25) is 0 Å². The third kappa shape index (κ3) is 2.45. The van der Waals surface area contributed by atoms with E-state index >= 15 is 0 Å². The van der Waals surface area contributed by atoms with Crippen molar-refractivity contribution in [3.63, 3.8) is 0 Å². The second-order valence-corrected chi connectivity index (χ2v) is 4.46. The Balaban J connectivity index is 2.44. The molecule has 0 aliphatic heterocycles. The van der Waals surface area contributed by atoms with Crippen LogP contribution in [0.1, 0.15) is 11.1 Å². The molecule has 0 fully saturated rings. The molecule has 0 amide bonds. The SMILES string of the molecule is Cc1cncc(-c2c[nH][c-]c2/C=C\[CH]=[W])c1. The Morgan fingerprint density at radius 3 is 3.06 bits per heavy atom. The summed E-state index contributed by atoms with van der Waals surface area (Å²) >= 11 is 1.44. The van der Waals surface area contributed by atoms with Crippen molar-refractivity contribution >= 4 is 10.5 Å². The first-order valence-corrected chi connectivity index (χ1v) is 6.63. The summed E-state index contributed by atoms with van der Waals surface area (Å²) in [6, 6.07) is 2.13. The van der Waals surface area contributed by atoms with Crippen LogP contribution in [-0.2, 0) is 19.4 Å². The molecule has 0 aliphatic carbocycles. The van der Waals surface area contributed by atoms with E-state index in [4.69, 9.17) is 0 Å². The number of nitrogens with zero attached hydrogens (tertiary/aromatic N) is 1. The van der Waals surface area contributed by atoms with E-state index in [1.807, 2.05) is 31.6 Å². The normalized spacial score (nSPS) is 10.8. The van der Waals surface area contributed by atoms with E-state index in [-0.39, 0.29) is 0 Å². The summed E-state index contributed by atoms with van der Waals surface area (Å²) < 4.78 is 2.08. The van der Waals surface area contributed by atoms with Crippen LogP contribution >= 0.6 is 0 Å². The molecule has 0 spiro atoms. The maximum atomic E-state index is 4.21. The molecule has 0 saturated carbocycles. The molecule has 16 heavy (non-hydrogen) atoms. The number of aromatic nitrogens is 2. The summed E-state index contributed by atoms with van der Waals surface area (Å²) in [6.07, 6.45) is 12.9. The first kappa shape index (κ1) is 11.2. The van der Waals surface area contributed by atoms with Gasteiger partial charge in [-0.25, -0.2) is 0 Å². The summed E-state index contributed by atoms with van der Waals surface area (Å²) in [4.78, 5) is 7.22. The number of aromatic amines is 1. The number of nitrogens with one attached hydrogen (secondary N) is 1. The molecular formula is C13H11N2W-. The van der Waals surface area contributed by atoms with Crippen molar-refractivity contribution in [1.29, 1.82) is 0 Å². The average molecular weight is 379 g/mol.